The van der Waals surface area contributed by atoms with E-state index in [2.05, 4.69) is 43.3 Å². The highest BCUT2D eigenvalue weighted by Gasteiger charge is 2.20. The van der Waals surface area contributed by atoms with Gasteiger partial charge in [0.15, 0.2) is 0 Å². The molecule has 1 aliphatic heterocycles. The molecule has 0 spiro atoms. The maximum Gasteiger partial charge on any atom is 0.233 e. The Kier molecular flexibility index (Phi) is 4.30. The SMILES string of the molecule is Cc1ccccc1SCC(=O)N1CCc2ccccc2C1. The van der Waals surface area contributed by atoms with E-state index < -0.39 is 0 Å². The molecule has 0 radical (unpaired) electrons. The van der Waals surface area contributed by atoms with E-state index in [9.17, 15) is 4.79 Å². The molecular weight excluding hydrogens is 278 g/mol. The van der Waals surface area contributed by atoms with Gasteiger partial charge in [-0.05, 0) is 36.1 Å². The van der Waals surface area contributed by atoms with Crippen molar-refractivity contribution >= 4 is 17.7 Å². The number of fused-ring (bicyclic) bond motifs is 1. The molecule has 0 fully saturated rings. The highest BCUT2D eigenvalue weighted by molar-refractivity contribution is 8.00. The molecule has 108 valence electrons. The predicted octanol–water partition coefficient (Wildman–Crippen LogP) is 3.67. The average Bonchev–Trinajstić information content (AvgIpc) is 2.53. The Hall–Kier alpha value is -1.74. The first kappa shape index (κ1) is 14.2. The van der Waals surface area contributed by atoms with Crippen LogP contribution in [0.5, 0.6) is 0 Å². The monoisotopic (exact) mass is 297 g/mol. The van der Waals surface area contributed by atoms with Gasteiger partial charge in [0.1, 0.15) is 0 Å². The van der Waals surface area contributed by atoms with E-state index in [1.807, 2.05) is 17.0 Å². The van der Waals surface area contributed by atoms with E-state index in [1.165, 1.54) is 21.6 Å². The zero-order valence-electron chi connectivity index (χ0n) is 12.2. The molecule has 2 nitrogen and oxygen atoms in total. The Labute approximate surface area is 130 Å². The van der Waals surface area contributed by atoms with Gasteiger partial charge in [0.05, 0.1) is 5.75 Å². The molecule has 3 rings (SSSR count). The fourth-order valence-corrected chi connectivity index (χ4v) is 3.59. The van der Waals surface area contributed by atoms with Gasteiger partial charge in [0.25, 0.3) is 0 Å². The Morgan fingerprint density at radius 2 is 1.81 bits per heavy atom. The third kappa shape index (κ3) is 3.30. The van der Waals surface area contributed by atoms with Crippen LogP contribution in [0.4, 0.5) is 0 Å². The maximum absolute atomic E-state index is 12.4. The fourth-order valence-electron chi connectivity index (χ4n) is 2.66. The number of thioether (sulfide) groups is 1. The van der Waals surface area contributed by atoms with Crippen LogP contribution < -0.4 is 0 Å². The van der Waals surface area contributed by atoms with Gasteiger partial charge in [-0.3, -0.25) is 4.79 Å². The Morgan fingerprint density at radius 3 is 2.62 bits per heavy atom. The van der Waals surface area contributed by atoms with E-state index >= 15 is 0 Å². The Morgan fingerprint density at radius 1 is 1.10 bits per heavy atom. The zero-order valence-corrected chi connectivity index (χ0v) is 13.0. The number of amides is 1. The third-order valence-electron chi connectivity index (χ3n) is 3.93. The lowest BCUT2D eigenvalue weighted by Gasteiger charge is -2.28. The van der Waals surface area contributed by atoms with Crippen molar-refractivity contribution in [2.24, 2.45) is 0 Å². The number of carbonyl (C=O) groups is 1. The van der Waals surface area contributed by atoms with Gasteiger partial charge in [0, 0.05) is 18.0 Å². The van der Waals surface area contributed by atoms with Crippen molar-refractivity contribution in [2.75, 3.05) is 12.3 Å². The summed E-state index contributed by atoms with van der Waals surface area (Å²) >= 11 is 1.64. The van der Waals surface area contributed by atoms with Gasteiger partial charge in [0.2, 0.25) is 5.91 Å². The third-order valence-corrected chi connectivity index (χ3v) is 5.09. The lowest BCUT2D eigenvalue weighted by Crippen LogP contribution is -2.37. The predicted molar refractivity (Wildman–Crippen MR) is 87.5 cm³/mol. The number of aryl methyl sites for hydroxylation is 1. The number of hydrogen-bond donors (Lipinski definition) is 0. The van der Waals surface area contributed by atoms with Gasteiger partial charge >= 0.3 is 0 Å². The van der Waals surface area contributed by atoms with Crippen LogP contribution in [0.2, 0.25) is 0 Å². The standard InChI is InChI=1S/C18H19NOS/c1-14-6-2-5-9-17(14)21-13-18(20)19-11-10-15-7-3-4-8-16(15)12-19/h2-9H,10-13H2,1H3. The van der Waals surface area contributed by atoms with E-state index in [0.717, 1.165) is 19.5 Å². The first-order valence-corrected chi connectivity index (χ1v) is 8.25. The highest BCUT2D eigenvalue weighted by Crippen LogP contribution is 2.24. The molecule has 0 atom stereocenters. The summed E-state index contributed by atoms with van der Waals surface area (Å²) in [6.07, 6.45) is 0.969. The summed E-state index contributed by atoms with van der Waals surface area (Å²) in [6.45, 7) is 3.68. The number of carbonyl (C=O) groups excluding carboxylic acids is 1. The number of benzene rings is 2. The molecule has 0 N–H and O–H groups in total. The zero-order chi connectivity index (χ0) is 14.7. The summed E-state index contributed by atoms with van der Waals surface area (Å²) < 4.78 is 0. The van der Waals surface area contributed by atoms with E-state index in [1.54, 1.807) is 11.8 Å². The summed E-state index contributed by atoms with van der Waals surface area (Å²) in [4.78, 5) is 15.6. The maximum atomic E-state index is 12.4. The first-order valence-electron chi connectivity index (χ1n) is 7.27. The van der Waals surface area contributed by atoms with Crippen molar-refractivity contribution in [3.05, 3.63) is 65.2 Å². The Bertz CT molecular complexity index is 653. The summed E-state index contributed by atoms with van der Waals surface area (Å²) in [5.41, 5.74) is 3.91. The van der Waals surface area contributed by atoms with E-state index in [4.69, 9.17) is 0 Å². The van der Waals surface area contributed by atoms with Gasteiger partial charge in [-0.25, -0.2) is 0 Å². The van der Waals surface area contributed by atoms with Crippen LogP contribution in [-0.4, -0.2) is 23.1 Å². The van der Waals surface area contributed by atoms with E-state index in [-0.39, 0.29) is 5.91 Å². The molecule has 2 aromatic rings. The molecule has 3 heteroatoms. The minimum atomic E-state index is 0.234. The smallest absolute Gasteiger partial charge is 0.233 e. The van der Waals surface area contributed by atoms with Crippen molar-refractivity contribution in [2.45, 2.75) is 24.8 Å². The molecule has 1 amide bonds. The quantitative estimate of drug-likeness (QED) is 0.806. The molecule has 1 aliphatic rings. The topological polar surface area (TPSA) is 20.3 Å². The number of nitrogens with zero attached hydrogens (tertiary/aromatic N) is 1. The second kappa shape index (κ2) is 6.35. The molecule has 0 bridgehead atoms. The van der Waals surface area contributed by atoms with Gasteiger partial charge < -0.3 is 4.90 Å². The summed E-state index contributed by atoms with van der Waals surface area (Å²) in [7, 11) is 0. The number of hydrogen-bond acceptors (Lipinski definition) is 2. The summed E-state index contributed by atoms with van der Waals surface area (Å²) in [5, 5.41) is 0. The van der Waals surface area contributed by atoms with Gasteiger partial charge in [-0.15, -0.1) is 11.8 Å². The molecule has 0 unspecified atom stereocenters. The van der Waals surface area contributed by atoms with Crippen LogP contribution in [-0.2, 0) is 17.8 Å². The summed E-state index contributed by atoms with van der Waals surface area (Å²) in [6, 6.07) is 16.6. The largest absolute Gasteiger partial charge is 0.337 e. The molecule has 21 heavy (non-hydrogen) atoms. The van der Waals surface area contributed by atoms with Crippen molar-refractivity contribution in [3.8, 4) is 0 Å². The minimum absolute atomic E-state index is 0.234. The molecule has 2 aromatic carbocycles. The Balaban J connectivity index is 1.61. The normalized spacial score (nSPS) is 13.9. The van der Waals surface area contributed by atoms with Crippen LogP contribution in [0.15, 0.2) is 53.4 Å². The molecular formula is C18H19NOS. The van der Waals surface area contributed by atoms with Gasteiger partial charge in [-0.2, -0.15) is 0 Å². The number of rotatable bonds is 3. The summed E-state index contributed by atoms with van der Waals surface area (Å²) in [5.74, 6) is 0.755. The van der Waals surface area contributed by atoms with Crippen LogP contribution in [0, 0.1) is 6.92 Å². The minimum Gasteiger partial charge on any atom is -0.337 e. The van der Waals surface area contributed by atoms with Crippen molar-refractivity contribution in [1.29, 1.82) is 0 Å². The lowest BCUT2D eigenvalue weighted by atomic mass is 10.00. The van der Waals surface area contributed by atoms with Crippen LogP contribution in [0.1, 0.15) is 16.7 Å². The molecule has 0 aromatic heterocycles. The second-order valence-corrected chi connectivity index (χ2v) is 6.41. The fraction of sp³-hybridized carbons (Fsp3) is 0.278. The highest BCUT2D eigenvalue weighted by atomic mass is 32.2. The molecule has 0 aliphatic carbocycles. The van der Waals surface area contributed by atoms with Crippen molar-refractivity contribution in [1.82, 2.24) is 4.90 Å². The van der Waals surface area contributed by atoms with Crippen molar-refractivity contribution < 1.29 is 4.79 Å². The second-order valence-electron chi connectivity index (χ2n) is 5.39. The van der Waals surface area contributed by atoms with Crippen LogP contribution in [0.3, 0.4) is 0 Å². The van der Waals surface area contributed by atoms with Crippen LogP contribution in [0.25, 0.3) is 0 Å². The molecule has 0 saturated carbocycles. The van der Waals surface area contributed by atoms with Crippen LogP contribution >= 0.6 is 11.8 Å². The van der Waals surface area contributed by atoms with Crippen molar-refractivity contribution in [3.63, 3.8) is 0 Å². The molecule has 0 saturated heterocycles. The van der Waals surface area contributed by atoms with Gasteiger partial charge in [-0.1, -0.05) is 42.5 Å². The average molecular weight is 297 g/mol. The molecule has 1 heterocycles. The first-order chi connectivity index (χ1) is 10.2. The van der Waals surface area contributed by atoms with E-state index in [0.29, 0.717) is 5.75 Å². The lowest BCUT2D eigenvalue weighted by molar-refractivity contribution is -0.129.